The summed E-state index contributed by atoms with van der Waals surface area (Å²) in [5.74, 6) is 0.150. The number of ether oxygens (including phenoxy) is 2. The number of hydrogen-bond acceptors (Lipinski definition) is 4. The second-order valence-electron chi connectivity index (χ2n) is 4.70. The number of fused-ring (bicyclic) bond motifs is 1. The maximum absolute atomic E-state index is 11.0. The van der Waals surface area contributed by atoms with Gasteiger partial charge in [0.1, 0.15) is 5.75 Å². The Bertz CT molecular complexity index is 464. The maximum Gasteiger partial charge on any atom is 0.309 e. The molecule has 1 heterocycles. The summed E-state index contributed by atoms with van der Waals surface area (Å²) in [4.78, 5) is 11.0. The lowest BCUT2D eigenvalue weighted by Gasteiger charge is -2.19. The molecule has 17 heavy (non-hydrogen) atoms. The van der Waals surface area contributed by atoms with E-state index in [0.717, 1.165) is 0 Å². The highest BCUT2D eigenvalue weighted by molar-refractivity contribution is 5.74. The van der Waals surface area contributed by atoms with Gasteiger partial charge in [0.2, 0.25) is 6.79 Å². The highest BCUT2D eigenvalue weighted by atomic mass is 16.7. The predicted octanol–water partition coefficient (Wildman–Crippen LogP) is 1.77. The molecule has 2 rings (SSSR count). The second-order valence-corrected chi connectivity index (χ2v) is 4.70. The molecule has 5 heteroatoms. The molecular weight excluding hydrogens is 224 g/mol. The van der Waals surface area contributed by atoms with E-state index in [9.17, 15) is 9.90 Å². The number of rotatable bonds is 3. The van der Waals surface area contributed by atoms with Gasteiger partial charge in [0.05, 0.1) is 5.41 Å². The van der Waals surface area contributed by atoms with E-state index in [1.807, 2.05) is 0 Å². The van der Waals surface area contributed by atoms with Crippen LogP contribution in [0.25, 0.3) is 0 Å². The lowest BCUT2D eigenvalue weighted by Crippen LogP contribution is -2.26. The van der Waals surface area contributed by atoms with Crippen molar-refractivity contribution in [3.63, 3.8) is 0 Å². The van der Waals surface area contributed by atoms with Crippen molar-refractivity contribution in [1.82, 2.24) is 0 Å². The lowest BCUT2D eigenvalue weighted by atomic mass is 9.85. The van der Waals surface area contributed by atoms with Gasteiger partial charge >= 0.3 is 5.97 Å². The van der Waals surface area contributed by atoms with Gasteiger partial charge in [-0.1, -0.05) is 0 Å². The summed E-state index contributed by atoms with van der Waals surface area (Å²) >= 11 is 0. The van der Waals surface area contributed by atoms with Gasteiger partial charge in [-0.25, -0.2) is 0 Å². The summed E-state index contributed by atoms with van der Waals surface area (Å²) in [7, 11) is 0. The van der Waals surface area contributed by atoms with E-state index in [0.29, 0.717) is 17.1 Å². The minimum Gasteiger partial charge on any atom is -0.508 e. The van der Waals surface area contributed by atoms with E-state index in [1.54, 1.807) is 19.9 Å². The molecule has 0 fully saturated rings. The van der Waals surface area contributed by atoms with E-state index >= 15 is 0 Å². The van der Waals surface area contributed by atoms with Gasteiger partial charge in [0.25, 0.3) is 0 Å². The van der Waals surface area contributed by atoms with Crippen LogP contribution in [-0.2, 0) is 11.2 Å². The number of carboxylic acid groups (broad SMARTS) is 1. The van der Waals surface area contributed by atoms with E-state index in [-0.39, 0.29) is 19.0 Å². The highest BCUT2D eigenvalue weighted by Gasteiger charge is 2.29. The number of carbonyl (C=O) groups is 1. The molecule has 0 saturated heterocycles. The van der Waals surface area contributed by atoms with Crippen molar-refractivity contribution in [1.29, 1.82) is 0 Å². The summed E-state index contributed by atoms with van der Waals surface area (Å²) in [6.45, 7) is 3.35. The number of phenols is 1. The normalized spacial score (nSPS) is 13.8. The van der Waals surface area contributed by atoms with Crippen molar-refractivity contribution in [3.8, 4) is 17.2 Å². The molecular formula is C12H14O5. The summed E-state index contributed by atoms with van der Waals surface area (Å²) in [5.41, 5.74) is -0.396. The first-order chi connectivity index (χ1) is 7.90. The zero-order valence-corrected chi connectivity index (χ0v) is 9.69. The number of carboxylic acids is 1. The van der Waals surface area contributed by atoms with Crippen LogP contribution in [0.2, 0.25) is 0 Å². The third-order valence-electron chi connectivity index (χ3n) is 2.79. The van der Waals surface area contributed by atoms with Gasteiger partial charge in [0.15, 0.2) is 11.5 Å². The van der Waals surface area contributed by atoms with Gasteiger partial charge in [0, 0.05) is 6.07 Å². The summed E-state index contributed by atoms with van der Waals surface area (Å²) < 4.78 is 10.3. The van der Waals surface area contributed by atoms with Crippen molar-refractivity contribution in [2.75, 3.05) is 6.79 Å². The molecule has 0 unspecified atom stereocenters. The van der Waals surface area contributed by atoms with Crippen LogP contribution in [-0.4, -0.2) is 23.0 Å². The monoisotopic (exact) mass is 238 g/mol. The minimum atomic E-state index is -0.939. The predicted molar refractivity (Wildman–Crippen MR) is 59.4 cm³/mol. The summed E-state index contributed by atoms with van der Waals surface area (Å²) in [5, 5.41) is 18.8. The average Bonchev–Trinajstić information content (AvgIpc) is 2.64. The summed E-state index contributed by atoms with van der Waals surface area (Å²) in [6.07, 6.45) is 0.227. The molecule has 0 radical (unpaired) electrons. The quantitative estimate of drug-likeness (QED) is 0.839. The van der Waals surface area contributed by atoms with Crippen LogP contribution in [0.15, 0.2) is 12.1 Å². The molecule has 1 aliphatic heterocycles. The molecule has 0 amide bonds. The molecule has 0 saturated carbocycles. The van der Waals surface area contributed by atoms with Crippen molar-refractivity contribution < 1.29 is 24.5 Å². The Hall–Kier alpha value is -1.91. The fraction of sp³-hybridized carbons (Fsp3) is 0.417. The van der Waals surface area contributed by atoms with Gasteiger partial charge in [-0.15, -0.1) is 0 Å². The average molecular weight is 238 g/mol. The molecule has 92 valence electrons. The molecule has 1 aromatic rings. The van der Waals surface area contributed by atoms with Crippen LogP contribution in [0.1, 0.15) is 19.4 Å². The number of benzene rings is 1. The lowest BCUT2D eigenvalue weighted by molar-refractivity contribution is -0.146. The van der Waals surface area contributed by atoms with Crippen molar-refractivity contribution in [2.24, 2.45) is 5.41 Å². The van der Waals surface area contributed by atoms with E-state index < -0.39 is 11.4 Å². The number of aromatic hydroxyl groups is 1. The smallest absolute Gasteiger partial charge is 0.309 e. The van der Waals surface area contributed by atoms with E-state index in [4.69, 9.17) is 14.6 Å². The molecule has 1 aliphatic rings. The van der Waals surface area contributed by atoms with E-state index in [2.05, 4.69) is 0 Å². The molecule has 0 aromatic heterocycles. The zero-order valence-electron chi connectivity index (χ0n) is 9.69. The van der Waals surface area contributed by atoms with Crippen LogP contribution in [0.3, 0.4) is 0 Å². The third-order valence-corrected chi connectivity index (χ3v) is 2.79. The molecule has 2 N–H and O–H groups in total. The first kappa shape index (κ1) is 11.6. The molecule has 0 atom stereocenters. The van der Waals surface area contributed by atoms with Crippen molar-refractivity contribution in [3.05, 3.63) is 17.7 Å². The van der Waals surface area contributed by atoms with Gasteiger partial charge < -0.3 is 19.7 Å². The fourth-order valence-corrected chi connectivity index (χ4v) is 1.67. The Morgan fingerprint density at radius 2 is 1.94 bits per heavy atom. The number of hydrogen-bond donors (Lipinski definition) is 2. The standard InChI is InChI=1S/C12H14O5/c1-12(2,11(14)15)5-7-3-9-10(4-8(7)13)17-6-16-9/h3-4,13H,5-6H2,1-2H3,(H,14,15). The van der Waals surface area contributed by atoms with Crippen LogP contribution in [0.4, 0.5) is 0 Å². The van der Waals surface area contributed by atoms with E-state index in [1.165, 1.54) is 6.07 Å². The Morgan fingerprint density at radius 3 is 2.53 bits per heavy atom. The molecule has 0 spiro atoms. The Kier molecular flexibility index (Phi) is 2.61. The van der Waals surface area contributed by atoms with Gasteiger partial charge in [-0.2, -0.15) is 0 Å². The first-order valence-electron chi connectivity index (χ1n) is 5.25. The molecule has 0 aliphatic carbocycles. The largest absolute Gasteiger partial charge is 0.508 e. The van der Waals surface area contributed by atoms with Crippen LogP contribution in [0, 0.1) is 5.41 Å². The Morgan fingerprint density at radius 1 is 1.35 bits per heavy atom. The number of phenolic OH excluding ortho intramolecular Hbond substituents is 1. The fourth-order valence-electron chi connectivity index (χ4n) is 1.67. The SMILES string of the molecule is CC(C)(Cc1cc2c(cc1O)OCO2)C(=O)O. The zero-order chi connectivity index (χ0) is 12.6. The van der Waals surface area contributed by atoms with Gasteiger partial charge in [-0.05, 0) is 31.9 Å². The van der Waals surface area contributed by atoms with Crippen LogP contribution < -0.4 is 9.47 Å². The second kappa shape index (κ2) is 3.84. The van der Waals surface area contributed by atoms with Crippen LogP contribution >= 0.6 is 0 Å². The molecule has 1 aromatic carbocycles. The molecule has 0 bridgehead atoms. The minimum absolute atomic E-state index is 0.0311. The third kappa shape index (κ3) is 2.13. The topological polar surface area (TPSA) is 76.0 Å². The van der Waals surface area contributed by atoms with Gasteiger partial charge in [-0.3, -0.25) is 4.79 Å². The first-order valence-corrected chi connectivity index (χ1v) is 5.25. The van der Waals surface area contributed by atoms with Crippen LogP contribution in [0.5, 0.6) is 17.2 Å². The summed E-state index contributed by atoms with van der Waals surface area (Å²) in [6, 6.07) is 3.08. The highest BCUT2D eigenvalue weighted by Crippen LogP contribution is 2.39. The maximum atomic E-state index is 11.0. The Balaban J connectivity index is 2.31. The van der Waals surface area contributed by atoms with Crippen molar-refractivity contribution in [2.45, 2.75) is 20.3 Å². The molecule has 5 nitrogen and oxygen atoms in total. The number of aliphatic carboxylic acids is 1. The Labute approximate surface area is 98.6 Å². The van der Waals surface area contributed by atoms with Crippen molar-refractivity contribution >= 4 is 5.97 Å².